The molecule has 0 bridgehead atoms. The maximum absolute atomic E-state index is 5.52. The molecule has 1 aromatic heterocycles. The molecule has 0 N–H and O–H groups in total. The van der Waals surface area contributed by atoms with E-state index in [0.29, 0.717) is 11.7 Å². The van der Waals surface area contributed by atoms with Crippen molar-refractivity contribution in [1.29, 1.82) is 0 Å². The van der Waals surface area contributed by atoms with E-state index in [1.165, 1.54) is 5.56 Å². The third kappa shape index (κ3) is 3.64. The second kappa shape index (κ2) is 7.36. The molecular formula is C21H16N2OS. The SMILES string of the molecule is c1ccc(CSc2ccccc2-c2nc(-c3ccccc3)no2)cc1. The zero-order chi connectivity index (χ0) is 16.9. The highest BCUT2D eigenvalue weighted by atomic mass is 32.2. The van der Waals surface area contributed by atoms with E-state index in [-0.39, 0.29) is 0 Å². The van der Waals surface area contributed by atoms with Crippen LogP contribution >= 0.6 is 11.8 Å². The fourth-order valence-electron chi connectivity index (χ4n) is 2.54. The van der Waals surface area contributed by atoms with Crippen LogP contribution in [0.25, 0.3) is 22.8 Å². The Labute approximate surface area is 150 Å². The summed E-state index contributed by atoms with van der Waals surface area (Å²) in [6.07, 6.45) is 0. The molecule has 1 heterocycles. The van der Waals surface area contributed by atoms with Crippen LogP contribution in [0.3, 0.4) is 0 Å². The molecule has 0 amide bonds. The lowest BCUT2D eigenvalue weighted by Crippen LogP contribution is -1.85. The van der Waals surface area contributed by atoms with Gasteiger partial charge in [0, 0.05) is 16.2 Å². The van der Waals surface area contributed by atoms with Gasteiger partial charge in [-0.1, -0.05) is 78.0 Å². The number of hydrogen-bond donors (Lipinski definition) is 0. The first-order chi connectivity index (χ1) is 12.4. The molecule has 0 saturated heterocycles. The number of benzene rings is 3. The zero-order valence-corrected chi connectivity index (χ0v) is 14.3. The van der Waals surface area contributed by atoms with Crippen molar-refractivity contribution < 1.29 is 4.52 Å². The summed E-state index contributed by atoms with van der Waals surface area (Å²) in [5, 5.41) is 4.13. The number of aromatic nitrogens is 2. The van der Waals surface area contributed by atoms with Crippen molar-refractivity contribution in [2.75, 3.05) is 0 Å². The fourth-order valence-corrected chi connectivity index (χ4v) is 3.54. The molecule has 0 saturated carbocycles. The molecule has 4 rings (SSSR count). The van der Waals surface area contributed by atoms with Crippen LogP contribution in [0.4, 0.5) is 0 Å². The lowest BCUT2D eigenvalue weighted by atomic mass is 10.2. The minimum absolute atomic E-state index is 0.551. The van der Waals surface area contributed by atoms with Crippen LogP contribution in [0.2, 0.25) is 0 Å². The highest BCUT2D eigenvalue weighted by Gasteiger charge is 2.14. The van der Waals surface area contributed by atoms with E-state index in [1.54, 1.807) is 11.8 Å². The highest BCUT2D eigenvalue weighted by Crippen LogP contribution is 2.33. The average Bonchev–Trinajstić information content (AvgIpc) is 3.18. The molecule has 0 radical (unpaired) electrons. The zero-order valence-electron chi connectivity index (χ0n) is 13.5. The number of rotatable bonds is 5. The quantitative estimate of drug-likeness (QED) is 0.436. The summed E-state index contributed by atoms with van der Waals surface area (Å²) in [6, 6.07) is 28.4. The number of nitrogens with zero attached hydrogens (tertiary/aromatic N) is 2. The van der Waals surface area contributed by atoms with Crippen LogP contribution in [0.5, 0.6) is 0 Å². The Bertz CT molecular complexity index is 952. The van der Waals surface area contributed by atoms with Gasteiger partial charge >= 0.3 is 0 Å². The van der Waals surface area contributed by atoms with Crippen LogP contribution in [-0.2, 0) is 5.75 Å². The molecule has 3 nitrogen and oxygen atoms in total. The molecule has 122 valence electrons. The molecule has 3 aromatic carbocycles. The highest BCUT2D eigenvalue weighted by molar-refractivity contribution is 7.98. The molecular weight excluding hydrogens is 328 g/mol. The molecule has 0 aliphatic carbocycles. The van der Waals surface area contributed by atoms with E-state index in [0.717, 1.165) is 21.8 Å². The maximum Gasteiger partial charge on any atom is 0.259 e. The van der Waals surface area contributed by atoms with Gasteiger partial charge in [0.05, 0.1) is 5.56 Å². The second-order valence-electron chi connectivity index (χ2n) is 5.56. The summed E-state index contributed by atoms with van der Waals surface area (Å²) in [5.41, 5.74) is 3.21. The van der Waals surface area contributed by atoms with Crippen LogP contribution in [-0.4, -0.2) is 10.1 Å². The smallest absolute Gasteiger partial charge is 0.259 e. The van der Waals surface area contributed by atoms with Crippen molar-refractivity contribution in [2.24, 2.45) is 0 Å². The van der Waals surface area contributed by atoms with Gasteiger partial charge in [-0.2, -0.15) is 4.98 Å². The van der Waals surface area contributed by atoms with Crippen molar-refractivity contribution in [3.8, 4) is 22.8 Å². The van der Waals surface area contributed by atoms with Crippen molar-refractivity contribution >= 4 is 11.8 Å². The van der Waals surface area contributed by atoms with Gasteiger partial charge in [0.15, 0.2) is 0 Å². The Morgan fingerprint density at radius 2 is 1.44 bits per heavy atom. The van der Waals surface area contributed by atoms with E-state index in [1.807, 2.05) is 54.6 Å². The van der Waals surface area contributed by atoms with Crippen LogP contribution in [0.1, 0.15) is 5.56 Å². The summed E-state index contributed by atoms with van der Waals surface area (Å²) >= 11 is 1.77. The molecule has 0 unspecified atom stereocenters. The predicted molar refractivity (Wildman–Crippen MR) is 101 cm³/mol. The summed E-state index contributed by atoms with van der Waals surface area (Å²) in [4.78, 5) is 5.71. The van der Waals surface area contributed by atoms with Crippen LogP contribution in [0.15, 0.2) is 94.3 Å². The first kappa shape index (κ1) is 15.7. The first-order valence-electron chi connectivity index (χ1n) is 8.05. The summed E-state index contributed by atoms with van der Waals surface area (Å²) in [5.74, 6) is 2.06. The van der Waals surface area contributed by atoms with Gasteiger partial charge < -0.3 is 4.52 Å². The van der Waals surface area contributed by atoms with Gasteiger partial charge in [-0.25, -0.2) is 0 Å². The van der Waals surface area contributed by atoms with Gasteiger partial charge in [-0.15, -0.1) is 11.8 Å². The summed E-state index contributed by atoms with van der Waals surface area (Å²) < 4.78 is 5.52. The first-order valence-corrected chi connectivity index (χ1v) is 9.04. The van der Waals surface area contributed by atoms with Crippen molar-refractivity contribution in [3.63, 3.8) is 0 Å². The van der Waals surface area contributed by atoms with E-state index in [2.05, 4.69) is 40.5 Å². The third-order valence-electron chi connectivity index (χ3n) is 3.81. The molecule has 4 aromatic rings. The molecule has 4 heteroatoms. The fraction of sp³-hybridized carbons (Fsp3) is 0.0476. The minimum Gasteiger partial charge on any atom is -0.334 e. The van der Waals surface area contributed by atoms with Gasteiger partial charge in [-0.3, -0.25) is 0 Å². The standard InChI is InChI=1S/C21H16N2OS/c1-3-9-16(10-4-1)15-25-19-14-8-7-13-18(19)21-22-20(23-24-21)17-11-5-2-6-12-17/h1-14H,15H2. The van der Waals surface area contributed by atoms with E-state index in [4.69, 9.17) is 4.52 Å². The summed E-state index contributed by atoms with van der Waals surface area (Å²) in [7, 11) is 0. The molecule has 0 aliphatic heterocycles. The van der Waals surface area contributed by atoms with E-state index < -0.39 is 0 Å². The maximum atomic E-state index is 5.52. The van der Waals surface area contributed by atoms with Gasteiger partial charge in [0.1, 0.15) is 0 Å². The molecule has 0 aliphatic rings. The Morgan fingerprint density at radius 3 is 2.24 bits per heavy atom. The normalized spacial score (nSPS) is 10.7. The molecule has 0 atom stereocenters. The molecule has 0 fully saturated rings. The Kier molecular flexibility index (Phi) is 4.61. The van der Waals surface area contributed by atoms with Gasteiger partial charge in [0.25, 0.3) is 5.89 Å². The third-order valence-corrected chi connectivity index (χ3v) is 4.96. The van der Waals surface area contributed by atoms with E-state index in [9.17, 15) is 0 Å². The molecule has 0 spiro atoms. The monoisotopic (exact) mass is 344 g/mol. The Hall–Kier alpha value is -2.85. The summed E-state index contributed by atoms with van der Waals surface area (Å²) in [6.45, 7) is 0. The van der Waals surface area contributed by atoms with Crippen molar-refractivity contribution in [3.05, 3.63) is 90.5 Å². The lowest BCUT2D eigenvalue weighted by molar-refractivity contribution is 0.431. The van der Waals surface area contributed by atoms with Gasteiger partial charge in [-0.05, 0) is 17.7 Å². The Balaban J connectivity index is 1.60. The largest absolute Gasteiger partial charge is 0.334 e. The van der Waals surface area contributed by atoms with Crippen molar-refractivity contribution in [1.82, 2.24) is 10.1 Å². The number of thioether (sulfide) groups is 1. The van der Waals surface area contributed by atoms with Gasteiger partial charge in [0.2, 0.25) is 5.82 Å². The topological polar surface area (TPSA) is 38.9 Å². The predicted octanol–water partition coefficient (Wildman–Crippen LogP) is 5.70. The van der Waals surface area contributed by atoms with Crippen LogP contribution < -0.4 is 0 Å². The van der Waals surface area contributed by atoms with Crippen LogP contribution in [0, 0.1) is 0 Å². The van der Waals surface area contributed by atoms with Crippen molar-refractivity contribution in [2.45, 2.75) is 10.6 Å². The second-order valence-corrected chi connectivity index (χ2v) is 6.58. The Morgan fingerprint density at radius 1 is 0.760 bits per heavy atom. The lowest BCUT2D eigenvalue weighted by Gasteiger charge is -2.05. The minimum atomic E-state index is 0.551. The van der Waals surface area contributed by atoms with E-state index >= 15 is 0 Å². The molecule has 25 heavy (non-hydrogen) atoms. The number of hydrogen-bond acceptors (Lipinski definition) is 4. The average molecular weight is 344 g/mol.